The van der Waals surface area contributed by atoms with Crippen molar-refractivity contribution < 1.29 is 86.6 Å². The molecule has 6 aromatic rings. The van der Waals surface area contributed by atoms with Crippen molar-refractivity contribution in [3.63, 3.8) is 0 Å². The van der Waals surface area contributed by atoms with E-state index in [2.05, 4.69) is 90.6 Å². The first-order chi connectivity index (χ1) is 65.0. The Hall–Kier alpha value is -13.7. The third kappa shape index (κ3) is 31.2. The summed E-state index contributed by atoms with van der Waals surface area (Å²) in [6.45, 7) is 2.25. The van der Waals surface area contributed by atoms with E-state index in [1.807, 2.05) is 0 Å². The van der Waals surface area contributed by atoms with Gasteiger partial charge >= 0.3 is 0 Å². The zero-order valence-electron chi connectivity index (χ0n) is 77.9. The van der Waals surface area contributed by atoms with E-state index >= 15 is 28.8 Å². The first kappa shape index (κ1) is 106. The number of amides is 17. The van der Waals surface area contributed by atoms with E-state index in [4.69, 9.17) is 22.6 Å². The highest BCUT2D eigenvalue weighted by molar-refractivity contribution is 8.00. The molecule has 13 atom stereocenters. The number of guanidine groups is 1. The molecular weight excluding hydrogens is 1770 g/mol. The Balaban J connectivity index is 1.10. The number of hydrogen-bond donors (Lipinski definition) is 19. The number of aliphatic hydroxyl groups is 1. The van der Waals surface area contributed by atoms with Crippen LogP contribution in [0.4, 0.5) is 0 Å². The second-order valence-electron chi connectivity index (χ2n) is 35.1. The Morgan fingerprint density at radius 3 is 1.65 bits per heavy atom. The number of rotatable bonds is 20. The number of likely N-dealkylation sites (N-methyl/N-ethyl adjacent to an activating group) is 4. The van der Waals surface area contributed by atoms with Gasteiger partial charge in [0, 0.05) is 119 Å². The minimum Gasteiger partial charge on any atom is -0.394 e. The summed E-state index contributed by atoms with van der Waals surface area (Å²) in [6, 6.07) is 2.95. The number of carbonyl (C=O) groups is 17. The highest BCUT2D eigenvalue weighted by Crippen LogP contribution is 2.27. The van der Waals surface area contributed by atoms with E-state index in [9.17, 15) is 57.8 Å². The lowest BCUT2D eigenvalue weighted by Crippen LogP contribution is -2.61. The number of aliphatic hydroxyl groups excluding tert-OH is 1. The van der Waals surface area contributed by atoms with Crippen LogP contribution in [0.2, 0.25) is 0 Å². The lowest BCUT2D eigenvalue weighted by atomic mass is 9.98. The van der Waals surface area contributed by atoms with Crippen LogP contribution in [0.5, 0.6) is 0 Å². The average molecular weight is 1900 g/mol. The van der Waals surface area contributed by atoms with Gasteiger partial charge in [-0.3, -0.25) is 86.9 Å². The third-order valence-corrected chi connectivity index (χ3v) is 25.4. The molecule has 42 nitrogen and oxygen atoms in total. The molecule has 3 aromatic carbocycles. The molecule has 2 fully saturated rings. The van der Waals surface area contributed by atoms with Gasteiger partial charge in [0.2, 0.25) is 100 Å². The molecule has 2 bridgehead atoms. The van der Waals surface area contributed by atoms with Gasteiger partial charge in [-0.25, -0.2) is 4.98 Å². The quantitative estimate of drug-likeness (QED) is 0.0188. The van der Waals surface area contributed by atoms with Crippen LogP contribution in [0.3, 0.4) is 0 Å². The zero-order chi connectivity index (χ0) is 98.8. The van der Waals surface area contributed by atoms with Crippen molar-refractivity contribution in [2.75, 3.05) is 72.5 Å². The van der Waals surface area contributed by atoms with Crippen LogP contribution in [-0.2, 0) is 107 Å². The van der Waals surface area contributed by atoms with Gasteiger partial charge in [-0.1, -0.05) is 118 Å². The molecule has 0 aliphatic carbocycles. The third-order valence-electron chi connectivity index (χ3n) is 24.3. The van der Waals surface area contributed by atoms with E-state index in [-0.39, 0.29) is 89.6 Å². The molecule has 3 aliphatic heterocycles. The molecule has 136 heavy (non-hydrogen) atoms. The molecular formula is C93H130N24O18S. The molecule has 0 unspecified atom stereocenters. The lowest BCUT2D eigenvalue weighted by molar-refractivity contribution is -0.149. The number of nitrogens with two attached hydrogens (primary N) is 3. The number of benzene rings is 3. The number of aromatic nitrogens is 4. The van der Waals surface area contributed by atoms with Gasteiger partial charge in [-0.15, -0.1) is 11.8 Å². The van der Waals surface area contributed by atoms with Gasteiger partial charge in [0.25, 0.3) is 0 Å². The van der Waals surface area contributed by atoms with E-state index in [0.29, 0.717) is 82.7 Å². The number of allylic oxidation sites excluding steroid dienone is 2. The van der Waals surface area contributed by atoms with Crippen LogP contribution in [0, 0.1) is 11.3 Å². The Kier molecular flexibility index (Phi) is 40.7. The standard InChI is InChI=1S/C93H130N24O18S/c1-54(2)39-67-88(131)113(4)49-78(121)104-65(41-57-45-100-62-31-23-21-29-60(57)62)83(126)111-71(50-118)85(128)110-69(42-58-46-101-63-32-24-22-30-61(58)63)90(133)116(7)75-35-20-15-13-11-9-8-10-12-14-19-34-73(115(6)92(75)135)86(129)106-64(33-25-37-99-93(96)97)82(125)112-72(81(124)102-48-77(95)120)51-136-52-79(122)105-68(40-56-27-17-16-18-28-56)89(132)114(5)55(3)80(123)108-70(44-76(94)119)91(134)117-38-26-36-74(117)87(130)107-66(84(127)109-67)43-59-47-98-53-103-59/h8-9,16-18,21-24,27-32,45-47,53-55,64-75,100-101,118H,10-15,19-20,25-26,33-44,48-52H2,1-7H3,(H2,94,119)(H2,95,120)(H,98,103)(H,102,124)(H,104,121)(H,105,122)(H,106,129)(H,107,130)(H,108,123)(H,109,127)(H,110,128)(H,111,126)(H,112,125)(H4,96,97,99)/b9-8+/t55-,64-,65-,66-,67-,68-,69-,70-,71-,72-,73-,74-,75-/m0/s1. The van der Waals surface area contributed by atoms with Crippen LogP contribution in [0.15, 0.2) is 116 Å². The summed E-state index contributed by atoms with van der Waals surface area (Å²) in [4.78, 5) is 269. The number of para-hydroxylation sites is 2. The topological polar surface area (TPSA) is 621 Å². The number of thioether (sulfide) groups is 1. The molecule has 0 saturated carbocycles. The van der Waals surface area contributed by atoms with Crippen LogP contribution in [0.1, 0.15) is 146 Å². The zero-order valence-corrected chi connectivity index (χ0v) is 78.7. The van der Waals surface area contributed by atoms with E-state index in [1.54, 1.807) is 105 Å². The van der Waals surface area contributed by atoms with Gasteiger partial charge in [0.1, 0.15) is 78.5 Å². The maximum Gasteiger partial charge on any atom is 0.246 e. The van der Waals surface area contributed by atoms with Gasteiger partial charge in [-0.2, -0.15) is 0 Å². The number of aromatic amines is 3. The fraction of sp³-hybridized carbons (Fsp3) is 0.516. The first-order valence-corrected chi connectivity index (χ1v) is 47.1. The number of nitrogens with one attached hydrogen (secondary N) is 15. The summed E-state index contributed by atoms with van der Waals surface area (Å²) in [5, 5.41) is 49.8. The van der Waals surface area contributed by atoms with Crippen molar-refractivity contribution in [2.24, 2.45) is 23.1 Å². The van der Waals surface area contributed by atoms with Crippen LogP contribution in [-0.4, -0.2) is 307 Å². The molecule has 43 heteroatoms. The van der Waals surface area contributed by atoms with E-state index in [0.717, 1.165) is 39.3 Å². The molecule has 736 valence electrons. The number of H-pyrrole nitrogens is 3. The normalized spacial score (nSPS) is 24.5. The Morgan fingerprint density at radius 1 is 0.515 bits per heavy atom. The predicted octanol–water partition coefficient (Wildman–Crippen LogP) is -1.05. The summed E-state index contributed by atoms with van der Waals surface area (Å²) in [5.41, 5.74) is 20.1. The minimum atomic E-state index is -1.85. The fourth-order valence-corrected chi connectivity index (χ4v) is 17.6. The SMILES string of the molecule is CC(C)C[C@@H]1NC(=O)[C@H](Cc2cnc[nH]2)NC(=O)[C@@H]2CCCN2C(=O)[C@H](CC(N)=O)NC(=O)[C@H](C)N(C)C(=O)[C@H](Cc2ccccc2)NC(=O)CSC[C@@H](C(=O)NCC(N)=O)NC(=O)[C@H](CCCNC(=N)N)NC(=O)[C@@H]2CCCCC/C=C/CCCCC[C@@H](C(=O)N2C)N(C)C(=O)[C@H](Cc2c[nH]c3ccccc23)NC(=O)[C@H](CO)NC(=O)[C@H](Cc2c[nH]c3ccccc23)NC(=O)CN(C)C1=O. The smallest absolute Gasteiger partial charge is 0.246 e. The average Bonchev–Trinajstić information content (AvgIpc) is 1.73. The number of imidazole rings is 1. The van der Waals surface area contributed by atoms with Gasteiger partial charge in [0.15, 0.2) is 5.96 Å². The molecule has 6 heterocycles. The molecule has 22 N–H and O–H groups in total. The number of primary amides is 2. The summed E-state index contributed by atoms with van der Waals surface area (Å²) in [7, 11) is 5.32. The van der Waals surface area contributed by atoms with Crippen LogP contribution < -0.4 is 75.7 Å². The molecule has 3 aliphatic rings. The van der Waals surface area contributed by atoms with Gasteiger partial charge in [0.05, 0.1) is 38.2 Å². The summed E-state index contributed by atoms with van der Waals surface area (Å²) >= 11 is 0.801. The van der Waals surface area contributed by atoms with Crippen molar-refractivity contribution in [3.05, 3.63) is 138 Å². The first-order valence-electron chi connectivity index (χ1n) is 45.9. The Bertz CT molecular complexity index is 5220. The minimum absolute atomic E-state index is 0.00262. The van der Waals surface area contributed by atoms with E-state index in [1.165, 1.54) is 57.4 Å². The Morgan fingerprint density at radius 2 is 1.04 bits per heavy atom. The van der Waals surface area contributed by atoms with Crippen molar-refractivity contribution >= 4 is 140 Å². The van der Waals surface area contributed by atoms with Crippen molar-refractivity contribution in [3.8, 4) is 0 Å². The highest BCUT2D eigenvalue weighted by atomic mass is 32.2. The van der Waals surface area contributed by atoms with Crippen molar-refractivity contribution in [1.82, 2.24) is 103 Å². The molecule has 2 saturated heterocycles. The number of hydrogen-bond acceptors (Lipinski definition) is 21. The number of carbonyl (C=O) groups excluding carboxylic acids is 17. The molecule has 3 aromatic heterocycles. The second kappa shape index (κ2) is 52.2. The Labute approximate surface area is 792 Å². The molecule has 9 rings (SSSR count). The highest BCUT2D eigenvalue weighted by Gasteiger charge is 2.44. The summed E-state index contributed by atoms with van der Waals surface area (Å²) in [5.74, 6) is -17.0. The van der Waals surface area contributed by atoms with Crippen LogP contribution >= 0.6 is 11.8 Å². The van der Waals surface area contributed by atoms with Gasteiger partial charge in [-0.05, 0) is 112 Å². The lowest BCUT2D eigenvalue weighted by Gasteiger charge is -2.36. The van der Waals surface area contributed by atoms with Crippen LogP contribution in [0.25, 0.3) is 21.8 Å². The number of nitrogens with zero attached hydrogens (tertiary/aromatic N) is 6. The number of fused-ring (bicyclic) bond motifs is 6. The molecule has 0 spiro atoms. The molecule has 0 radical (unpaired) electrons. The summed E-state index contributed by atoms with van der Waals surface area (Å²) in [6.07, 6.45) is 13.3. The largest absolute Gasteiger partial charge is 0.394 e. The fourth-order valence-electron chi connectivity index (χ4n) is 16.8. The summed E-state index contributed by atoms with van der Waals surface area (Å²) < 4.78 is 0. The van der Waals surface area contributed by atoms with Crippen molar-refractivity contribution in [1.29, 1.82) is 5.41 Å². The van der Waals surface area contributed by atoms with Crippen molar-refractivity contribution in [2.45, 2.75) is 228 Å². The maximum atomic E-state index is 15.9. The van der Waals surface area contributed by atoms with Gasteiger partial charge < -0.3 is 120 Å². The predicted molar refractivity (Wildman–Crippen MR) is 506 cm³/mol. The molecule has 17 amide bonds. The monoisotopic (exact) mass is 1900 g/mol. The second-order valence-corrected chi connectivity index (χ2v) is 36.1. The van der Waals surface area contributed by atoms with E-state index < -0.39 is 223 Å². The maximum absolute atomic E-state index is 15.9.